The lowest BCUT2D eigenvalue weighted by atomic mass is 10.2. The van der Waals surface area contributed by atoms with Crippen molar-refractivity contribution < 1.29 is 18.3 Å². The number of benzene rings is 1. The lowest BCUT2D eigenvalue weighted by molar-refractivity contribution is -0.142. The summed E-state index contributed by atoms with van der Waals surface area (Å²) in [6.45, 7) is 0.905. The number of sulfone groups is 1. The van der Waals surface area contributed by atoms with Crippen molar-refractivity contribution in [2.24, 2.45) is 0 Å². The van der Waals surface area contributed by atoms with Gasteiger partial charge in [0.1, 0.15) is 6.04 Å². The molecule has 0 radical (unpaired) electrons. The molecule has 1 heterocycles. The van der Waals surface area contributed by atoms with Gasteiger partial charge in [0, 0.05) is 11.0 Å². The largest absolute Gasteiger partial charge is 0.480 e. The highest BCUT2D eigenvalue weighted by molar-refractivity contribution is 9.10. The summed E-state index contributed by atoms with van der Waals surface area (Å²) in [5.74, 6) is -0.929. The van der Waals surface area contributed by atoms with Crippen LogP contribution in [0.4, 0.5) is 0 Å². The fourth-order valence-electron chi connectivity index (χ4n) is 2.37. The van der Waals surface area contributed by atoms with Gasteiger partial charge in [-0.2, -0.15) is 0 Å². The van der Waals surface area contributed by atoms with Crippen molar-refractivity contribution in [3.8, 4) is 0 Å². The number of hydrogen-bond acceptors (Lipinski definition) is 4. The number of hydrogen-bond donors (Lipinski definition) is 1. The second-order valence-electron chi connectivity index (χ2n) is 4.81. The van der Waals surface area contributed by atoms with Crippen molar-refractivity contribution in [2.45, 2.75) is 23.8 Å². The number of nitrogens with zero attached hydrogens (tertiary/aromatic N) is 1. The number of halogens is 1. The molecule has 1 fully saturated rings. The standard InChI is InChI=1S/C13H16BrNO4S/c14-10-3-5-11(6-4-10)20(18,19)9-8-15-7-1-2-12(15)13(16)17/h3-6,12H,1-2,7-9H2,(H,16,17). The summed E-state index contributed by atoms with van der Waals surface area (Å²) >= 11 is 3.26. The minimum Gasteiger partial charge on any atom is -0.480 e. The van der Waals surface area contributed by atoms with Crippen LogP contribution in [0.2, 0.25) is 0 Å². The molecular weight excluding hydrogens is 346 g/mol. The van der Waals surface area contributed by atoms with Gasteiger partial charge in [0.05, 0.1) is 10.6 Å². The maximum Gasteiger partial charge on any atom is 0.320 e. The van der Waals surface area contributed by atoms with Crippen LogP contribution in [-0.4, -0.2) is 49.3 Å². The molecule has 1 atom stereocenters. The summed E-state index contributed by atoms with van der Waals surface area (Å²) < 4.78 is 25.2. The molecule has 1 unspecified atom stereocenters. The van der Waals surface area contributed by atoms with E-state index in [0.29, 0.717) is 13.0 Å². The molecule has 0 spiro atoms. The third-order valence-corrected chi connectivity index (χ3v) is 5.71. The van der Waals surface area contributed by atoms with E-state index in [-0.39, 0.29) is 17.2 Å². The first-order valence-electron chi connectivity index (χ1n) is 6.35. The van der Waals surface area contributed by atoms with Crippen molar-refractivity contribution in [1.29, 1.82) is 0 Å². The second kappa shape index (κ2) is 6.24. The maximum absolute atomic E-state index is 12.2. The molecule has 1 N–H and O–H groups in total. The fourth-order valence-corrected chi connectivity index (χ4v) is 3.90. The van der Waals surface area contributed by atoms with Crippen LogP contribution in [0.5, 0.6) is 0 Å². The highest BCUT2D eigenvalue weighted by Gasteiger charge is 2.31. The van der Waals surface area contributed by atoms with E-state index in [1.165, 1.54) is 0 Å². The molecule has 0 amide bonds. The first-order chi connectivity index (χ1) is 9.40. The number of carboxylic acid groups (broad SMARTS) is 1. The smallest absolute Gasteiger partial charge is 0.320 e. The average molecular weight is 362 g/mol. The molecular formula is C13H16BrNO4S. The zero-order valence-corrected chi connectivity index (χ0v) is 13.2. The molecule has 0 bridgehead atoms. The Bertz CT molecular complexity index is 585. The minimum absolute atomic E-state index is 0.0571. The molecule has 5 nitrogen and oxygen atoms in total. The van der Waals surface area contributed by atoms with Crippen LogP contribution in [0.25, 0.3) is 0 Å². The van der Waals surface area contributed by atoms with E-state index in [2.05, 4.69) is 15.9 Å². The molecule has 1 aliphatic heterocycles. The number of carboxylic acids is 1. The van der Waals surface area contributed by atoms with Crippen LogP contribution in [0.1, 0.15) is 12.8 Å². The van der Waals surface area contributed by atoms with Crippen molar-refractivity contribution in [2.75, 3.05) is 18.8 Å². The quantitative estimate of drug-likeness (QED) is 0.864. The molecule has 0 aromatic heterocycles. The number of rotatable bonds is 5. The molecule has 20 heavy (non-hydrogen) atoms. The number of carbonyl (C=O) groups is 1. The Labute approximate surface area is 126 Å². The second-order valence-corrected chi connectivity index (χ2v) is 7.83. The Kier molecular flexibility index (Phi) is 4.82. The lowest BCUT2D eigenvalue weighted by Gasteiger charge is -2.20. The highest BCUT2D eigenvalue weighted by atomic mass is 79.9. The Hall–Kier alpha value is -0.920. The highest BCUT2D eigenvalue weighted by Crippen LogP contribution is 2.19. The van der Waals surface area contributed by atoms with E-state index in [9.17, 15) is 13.2 Å². The number of aliphatic carboxylic acids is 1. The summed E-state index contributed by atoms with van der Waals surface area (Å²) in [5, 5.41) is 9.06. The first kappa shape index (κ1) is 15.5. The summed E-state index contributed by atoms with van der Waals surface area (Å²) in [6, 6.07) is 5.93. The fraction of sp³-hybridized carbons (Fsp3) is 0.462. The Morgan fingerprint density at radius 2 is 2.00 bits per heavy atom. The third-order valence-electron chi connectivity index (χ3n) is 3.47. The normalized spacial score (nSPS) is 20.1. The summed E-state index contributed by atoms with van der Waals surface area (Å²) in [6.07, 6.45) is 1.39. The minimum atomic E-state index is -3.37. The predicted octanol–water partition coefficient (Wildman–Crippen LogP) is 1.77. The van der Waals surface area contributed by atoms with Crippen molar-refractivity contribution in [1.82, 2.24) is 4.90 Å². The molecule has 110 valence electrons. The molecule has 0 saturated carbocycles. The summed E-state index contributed by atoms with van der Waals surface area (Å²) in [5.41, 5.74) is 0. The van der Waals surface area contributed by atoms with E-state index in [1.54, 1.807) is 29.2 Å². The topological polar surface area (TPSA) is 74.7 Å². The van der Waals surface area contributed by atoms with Crippen LogP contribution >= 0.6 is 15.9 Å². The van der Waals surface area contributed by atoms with Crippen molar-refractivity contribution in [3.63, 3.8) is 0 Å². The van der Waals surface area contributed by atoms with Crippen molar-refractivity contribution >= 4 is 31.7 Å². The van der Waals surface area contributed by atoms with Gasteiger partial charge in [0.15, 0.2) is 9.84 Å². The Morgan fingerprint density at radius 1 is 1.35 bits per heavy atom. The molecule has 1 saturated heterocycles. The van der Waals surface area contributed by atoms with Gasteiger partial charge in [-0.25, -0.2) is 8.42 Å². The van der Waals surface area contributed by atoms with E-state index < -0.39 is 21.8 Å². The predicted molar refractivity (Wildman–Crippen MR) is 78.4 cm³/mol. The van der Waals surface area contributed by atoms with Gasteiger partial charge < -0.3 is 5.11 Å². The maximum atomic E-state index is 12.2. The zero-order chi connectivity index (χ0) is 14.8. The van der Waals surface area contributed by atoms with Gasteiger partial charge in [-0.3, -0.25) is 9.69 Å². The molecule has 0 aliphatic carbocycles. The summed E-state index contributed by atoms with van der Waals surface area (Å²) in [4.78, 5) is 13.1. The molecule has 1 aliphatic rings. The first-order valence-corrected chi connectivity index (χ1v) is 8.80. The monoisotopic (exact) mass is 361 g/mol. The van der Waals surface area contributed by atoms with E-state index in [4.69, 9.17) is 5.11 Å². The third kappa shape index (κ3) is 3.59. The summed E-state index contributed by atoms with van der Waals surface area (Å²) in [7, 11) is -3.37. The molecule has 7 heteroatoms. The van der Waals surface area contributed by atoms with Crippen LogP contribution in [0, 0.1) is 0 Å². The van der Waals surface area contributed by atoms with E-state index in [1.807, 2.05) is 0 Å². The lowest BCUT2D eigenvalue weighted by Crippen LogP contribution is -2.38. The van der Waals surface area contributed by atoms with Gasteiger partial charge in [-0.1, -0.05) is 15.9 Å². The Morgan fingerprint density at radius 3 is 2.60 bits per heavy atom. The van der Waals surface area contributed by atoms with Gasteiger partial charge >= 0.3 is 5.97 Å². The van der Waals surface area contributed by atoms with Crippen LogP contribution in [0.3, 0.4) is 0 Å². The molecule has 2 rings (SSSR count). The SMILES string of the molecule is O=C(O)C1CCCN1CCS(=O)(=O)c1ccc(Br)cc1. The number of likely N-dealkylation sites (tertiary alicyclic amines) is 1. The van der Waals surface area contributed by atoms with Crippen LogP contribution < -0.4 is 0 Å². The average Bonchev–Trinajstić information content (AvgIpc) is 2.85. The zero-order valence-electron chi connectivity index (χ0n) is 10.8. The molecule has 1 aromatic carbocycles. The molecule has 1 aromatic rings. The van der Waals surface area contributed by atoms with Gasteiger partial charge in [0.2, 0.25) is 0 Å². The van der Waals surface area contributed by atoms with Crippen LogP contribution in [-0.2, 0) is 14.6 Å². The van der Waals surface area contributed by atoms with Crippen LogP contribution in [0.15, 0.2) is 33.6 Å². The Balaban J connectivity index is 2.02. The van der Waals surface area contributed by atoms with Gasteiger partial charge in [0.25, 0.3) is 0 Å². The van der Waals surface area contributed by atoms with Gasteiger partial charge in [-0.15, -0.1) is 0 Å². The van der Waals surface area contributed by atoms with Crippen molar-refractivity contribution in [3.05, 3.63) is 28.7 Å². The van der Waals surface area contributed by atoms with E-state index in [0.717, 1.165) is 10.9 Å². The van der Waals surface area contributed by atoms with Gasteiger partial charge in [-0.05, 0) is 43.7 Å². The van der Waals surface area contributed by atoms with E-state index >= 15 is 0 Å².